The third-order valence-electron chi connectivity index (χ3n) is 3.26. The summed E-state index contributed by atoms with van der Waals surface area (Å²) < 4.78 is 18.6. The molecule has 1 amide bonds. The number of para-hydroxylation sites is 1. The molecule has 1 N–H and O–H groups in total. The van der Waals surface area contributed by atoms with Crippen LogP contribution in [0.5, 0.6) is 5.75 Å². The van der Waals surface area contributed by atoms with Gasteiger partial charge in [0.25, 0.3) is 5.91 Å². The molecule has 1 heterocycles. The van der Waals surface area contributed by atoms with Crippen LogP contribution < -0.4 is 10.1 Å². The van der Waals surface area contributed by atoms with Gasteiger partial charge in [0.15, 0.2) is 18.2 Å². The average Bonchev–Trinajstić information content (AvgIpc) is 3.01. The van der Waals surface area contributed by atoms with Crippen LogP contribution in [0.25, 0.3) is 11.3 Å². The van der Waals surface area contributed by atoms with Gasteiger partial charge in [0, 0.05) is 16.6 Å². The number of nitrogens with one attached hydrogen (secondary N) is 1. The summed E-state index contributed by atoms with van der Waals surface area (Å²) in [6.45, 7) is 1.68. The summed E-state index contributed by atoms with van der Waals surface area (Å²) in [4.78, 5) is 16.4. The van der Waals surface area contributed by atoms with Crippen LogP contribution in [0.3, 0.4) is 0 Å². The van der Waals surface area contributed by atoms with E-state index in [1.54, 1.807) is 29.5 Å². The van der Waals surface area contributed by atoms with E-state index in [9.17, 15) is 9.18 Å². The number of benzene rings is 2. The number of carbonyl (C=O) groups is 1. The summed E-state index contributed by atoms with van der Waals surface area (Å²) in [5, 5.41) is 5.69. The fourth-order valence-electron chi connectivity index (χ4n) is 2.15. The third kappa shape index (κ3) is 3.97. The number of nitrogens with zero attached hydrogens (tertiary/aromatic N) is 1. The van der Waals surface area contributed by atoms with Crippen LogP contribution in [0.4, 0.5) is 10.1 Å². The Kier molecular flexibility index (Phi) is 4.86. The van der Waals surface area contributed by atoms with Gasteiger partial charge in [-0.3, -0.25) is 4.79 Å². The van der Waals surface area contributed by atoms with Crippen molar-refractivity contribution < 1.29 is 13.9 Å². The van der Waals surface area contributed by atoms with Crippen molar-refractivity contribution >= 4 is 22.9 Å². The van der Waals surface area contributed by atoms with Crippen molar-refractivity contribution in [3.8, 4) is 17.0 Å². The van der Waals surface area contributed by atoms with Crippen LogP contribution >= 0.6 is 11.3 Å². The highest BCUT2D eigenvalue weighted by Crippen LogP contribution is 2.24. The molecule has 0 bridgehead atoms. The summed E-state index contributed by atoms with van der Waals surface area (Å²) in [7, 11) is 0. The maximum absolute atomic E-state index is 13.4. The molecule has 6 heteroatoms. The molecule has 0 aliphatic carbocycles. The Morgan fingerprint density at radius 3 is 2.83 bits per heavy atom. The lowest BCUT2D eigenvalue weighted by Crippen LogP contribution is -2.20. The Morgan fingerprint density at radius 1 is 1.25 bits per heavy atom. The lowest BCUT2D eigenvalue weighted by atomic mass is 10.1. The van der Waals surface area contributed by atoms with Crippen molar-refractivity contribution in [3.63, 3.8) is 0 Å². The van der Waals surface area contributed by atoms with Gasteiger partial charge >= 0.3 is 0 Å². The van der Waals surface area contributed by atoms with Crippen molar-refractivity contribution in [3.05, 3.63) is 64.7 Å². The van der Waals surface area contributed by atoms with E-state index in [1.807, 2.05) is 30.5 Å². The maximum Gasteiger partial charge on any atom is 0.262 e. The standard InChI is InChI=1S/C18H15FN2O2S/c1-12-20-16(11-24-12)13-5-4-6-14(9-13)21-18(22)10-23-17-8-3-2-7-15(17)19/h2-9,11H,10H2,1H3,(H,21,22). The van der Waals surface area contributed by atoms with E-state index in [-0.39, 0.29) is 18.3 Å². The van der Waals surface area contributed by atoms with Gasteiger partial charge in [0.2, 0.25) is 0 Å². The van der Waals surface area contributed by atoms with Crippen molar-refractivity contribution in [2.45, 2.75) is 6.92 Å². The molecule has 0 saturated carbocycles. The molecule has 2 aromatic carbocycles. The van der Waals surface area contributed by atoms with Crippen LogP contribution in [-0.2, 0) is 4.79 Å². The van der Waals surface area contributed by atoms with Crippen LogP contribution in [0.15, 0.2) is 53.9 Å². The van der Waals surface area contributed by atoms with E-state index >= 15 is 0 Å². The van der Waals surface area contributed by atoms with Gasteiger partial charge in [0.1, 0.15) is 0 Å². The molecule has 4 nitrogen and oxygen atoms in total. The normalized spacial score (nSPS) is 10.4. The second-order valence-corrected chi connectivity index (χ2v) is 6.16. The predicted octanol–water partition coefficient (Wildman–Crippen LogP) is 4.28. The number of amides is 1. The van der Waals surface area contributed by atoms with Gasteiger partial charge in [-0.1, -0.05) is 24.3 Å². The first-order valence-corrected chi connectivity index (χ1v) is 8.19. The predicted molar refractivity (Wildman–Crippen MR) is 92.8 cm³/mol. The second kappa shape index (κ2) is 7.23. The second-order valence-electron chi connectivity index (χ2n) is 5.10. The number of anilines is 1. The quantitative estimate of drug-likeness (QED) is 0.753. The molecule has 0 atom stereocenters. The molecular weight excluding hydrogens is 327 g/mol. The lowest BCUT2D eigenvalue weighted by molar-refractivity contribution is -0.118. The SMILES string of the molecule is Cc1nc(-c2cccc(NC(=O)COc3ccccc3F)c2)cs1. The first kappa shape index (κ1) is 16.1. The number of halogens is 1. The number of aromatic nitrogens is 1. The smallest absolute Gasteiger partial charge is 0.262 e. The molecular formula is C18H15FN2O2S. The zero-order valence-corrected chi connectivity index (χ0v) is 13.8. The van der Waals surface area contributed by atoms with E-state index in [1.165, 1.54) is 12.1 Å². The first-order valence-electron chi connectivity index (χ1n) is 7.31. The topological polar surface area (TPSA) is 51.2 Å². The maximum atomic E-state index is 13.4. The summed E-state index contributed by atoms with van der Waals surface area (Å²) in [6.07, 6.45) is 0. The Bertz CT molecular complexity index is 863. The van der Waals surface area contributed by atoms with E-state index in [0.29, 0.717) is 5.69 Å². The molecule has 0 aliphatic rings. The van der Waals surface area contributed by atoms with E-state index in [0.717, 1.165) is 16.3 Å². The summed E-state index contributed by atoms with van der Waals surface area (Å²) >= 11 is 1.57. The number of aryl methyl sites for hydroxylation is 1. The fourth-order valence-corrected chi connectivity index (χ4v) is 2.78. The summed E-state index contributed by atoms with van der Waals surface area (Å²) in [5.41, 5.74) is 2.43. The van der Waals surface area contributed by atoms with Gasteiger partial charge in [-0.2, -0.15) is 0 Å². The van der Waals surface area contributed by atoms with Gasteiger partial charge in [0.05, 0.1) is 10.7 Å². The van der Waals surface area contributed by atoms with E-state index < -0.39 is 5.82 Å². The number of carbonyl (C=O) groups excluding carboxylic acids is 1. The Morgan fingerprint density at radius 2 is 2.08 bits per heavy atom. The van der Waals surface area contributed by atoms with E-state index in [4.69, 9.17) is 4.74 Å². The Labute approximate surface area is 142 Å². The fraction of sp³-hybridized carbons (Fsp3) is 0.111. The zero-order chi connectivity index (χ0) is 16.9. The summed E-state index contributed by atoms with van der Waals surface area (Å²) in [6, 6.07) is 13.4. The van der Waals surface area contributed by atoms with Crippen LogP contribution in [0.1, 0.15) is 5.01 Å². The molecule has 0 unspecified atom stereocenters. The van der Waals surface area contributed by atoms with Crippen LogP contribution in [-0.4, -0.2) is 17.5 Å². The van der Waals surface area contributed by atoms with Gasteiger partial charge < -0.3 is 10.1 Å². The van der Waals surface area contributed by atoms with Crippen molar-refractivity contribution in [2.75, 3.05) is 11.9 Å². The number of hydrogen-bond acceptors (Lipinski definition) is 4. The number of rotatable bonds is 5. The largest absolute Gasteiger partial charge is 0.481 e. The third-order valence-corrected chi connectivity index (χ3v) is 4.03. The molecule has 0 fully saturated rings. The Balaban J connectivity index is 1.63. The molecule has 24 heavy (non-hydrogen) atoms. The van der Waals surface area contributed by atoms with Crippen molar-refractivity contribution in [1.29, 1.82) is 0 Å². The van der Waals surface area contributed by atoms with Crippen LogP contribution in [0.2, 0.25) is 0 Å². The van der Waals surface area contributed by atoms with Crippen molar-refractivity contribution in [1.82, 2.24) is 4.98 Å². The molecule has 0 spiro atoms. The minimum atomic E-state index is -0.494. The molecule has 0 radical (unpaired) electrons. The molecule has 3 rings (SSSR count). The van der Waals surface area contributed by atoms with Gasteiger partial charge in [-0.25, -0.2) is 9.37 Å². The lowest BCUT2D eigenvalue weighted by Gasteiger charge is -2.09. The highest BCUT2D eigenvalue weighted by molar-refractivity contribution is 7.09. The van der Waals surface area contributed by atoms with Crippen molar-refractivity contribution in [2.24, 2.45) is 0 Å². The highest BCUT2D eigenvalue weighted by Gasteiger charge is 2.08. The molecule has 0 saturated heterocycles. The Hall–Kier alpha value is -2.73. The minimum Gasteiger partial charge on any atom is -0.481 e. The number of thiazole rings is 1. The van der Waals surface area contributed by atoms with Gasteiger partial charge in [-0.05, 0) is 31.2 Å². The number of ether oxygens (including phenoxy) is 1. The first-order chi connectivity index (χ1) is 11.6. The molecule has 122 valence electrons. The molecule has 0 aliphatic heterocycles. The highest BCUT2D eigenvalue weighted by atomic mass is 32.1. The van der Waals surface area contributed by atoms with E-state index in [2.05, 4.69) is 10.3 Å². The number of hydrogen-bond donors (Lipinski definition) is 1. The summed E-state index contributed by atoms with van der Waals surface area (Å²) in [5.74, 6) is -0.796. The molecule has 3 aromatic rings. The molecule has 1 aromatic heterocycles. The average molecular weight is 342 g/mol. The minimum absolute atomic E-state index is 0.0550. The van der Waals surface area contributed by atoms with Crippen LogP contribution in [0, 0.1) is 12.7 Å². The monoisotopic (exact) mass is 342 g/mol. The zero-order valence-electron chi connectivity index (χ0n) is 13.0. The van der Waals surface area contributed by atoms with Gasteiger partial charge in [-0.15, -0.1) is 11.3 Å².